The zero-order valence-electron chi connectivity index (χ0n) is 23.9. The van der Waals surface area contributed by atoms with E-state index in [2.05, 4.69) is 20.4 Å². The van der Waals surface area contributed by atoms with Crippen LogP contribution in [0.3, 0.4) is 0 Å². The molecule has 4 aromatic rings. The average molecular weight is 627 g/mol. The van der Waals surface area contributed by atoms with Crippen LogP contribution in [0.25, 0.3) is 34.0 Å². The molecule has 7 N–H and O–H groups in total. The number of nitrogens with two attached hydrogens (primary N) is 1. The molecule has 6 radical (unpaired) electrons. The first-order chi connectivity index (χ1) is 21.1. The number of hydrogen-bond donors (Lipinski definition) is 6. The van der Waals surface area contributed by atoms with E-state index >= 15 is 0 Å². The number of nitrogens with zero attached hydrogens (tertiary/aromatic N) is 3. The van der Waals surface area contributed by atoms with Gasteiger partial charge in [0, 0.05) is 43.0 Å². The highest BCUT2D eigenvalue weighted by molar-refractivity contribution is 7.94. The van der Waals surface area contributed by atoms with Crippen molar-refractivity contribution in [2.24, 2.45) is 0 Å². The monoisotopic (exact) mass is 627 g/mol. The van der Waals surface area contributed by atoms with Gasteiger partial charge in [-0.05, 0) is 30.5 Å². The van der Waals surface area contributed by atoms with Crippen LogP contribution in [0.2, 0.25) is 0 Å². The fourth-order valence-corrected chi connectivity index (χ4v) is 6.51. The van der Waals surface area contributed by atoms with E-state index in [1.54, 1.807) is 6.07 Å². The highest BCUT2D eigenvalue weighted by atomic mass is 32.2. The van der Waals surface area contributed by atoms with Gasteiger partial charge in [0.05, 0.1) is 16.8 Å². The maximum Gasteiger partial charge on any atom is 0.189 e. The predicted molar refractivity (Wildman–Crippen MR) is 165 cm³/mol. The summed E-state index contributed by atoms with van der Waals surface area (Å²) in [7, 11) is 10.5. The number of rotatable bonds is 10. The van der Waals surface area contributed by atoms with E-state index in [0.717, 1.165) is 55.9 Å². The molecule has 228 valence electrons. The standard InChI is InChI=1S/C28H28B3N5O8S/c29-26(27(30,37)38,28(31,39)40)45(41,42)20-7-5-18(6-8-20)22-15-34-25(32)24(35-22)23-13-21(36-44-23)17-3-1-16(2-4-17)14-33-19-9-11-43-12-10-19/h1-8,13,15,19,33,37-40H,9-12,14H2,(H2,32,34). The van der Waals surface area contributed by atoms with E-state index < -0.39 is 30.8 Å². The number of benzene rings is 2. The topological polar surface area (TPSA) is 214 Å². The predicted octanol–water partition coefficient (Wildman–Crippen LogP) is -0.431. The molecule has 1 saturated heterocycles. The molecule has 0 bridgehead atoms. The lowest BCUT2D eigenvalue weighted by molar-refractivity contribution is -0.186. The molecular weight excluding hydrogens is 599 g/mol. The molecule has 0 atom stereocenters. The van der Waals surface area contributed by atoms with Crippen LogP contribution in [-0.2, 0) is 21.1 Å². The first-order valence-corrected chi connectivity index (χ1v) is 15.2. The molecule has 0 unspecified atom stereocenters. The van der Waals surface area contributed by atoms with Gasteiger partial charge in [-0.1, -0.05) is 41.6 Å². The van der Waals surface area contributed by atoms with Crippen molar-refractivity contribution >= 4 is 39.2 Å². The summed E-state index contributed by atoms with van der Waals surface area (Å²) in [4.78, 5) is 8.02. The number of nitrogen functional groups attached to an aromatic ring is 1. The Bertz CT molecular complexity index is 1740. The molecule has 17 heteroatoms. The Morgan fingerprint density at radius 1 is 0.911 bits per heavy atom. The Kier molecular flexibility index (Phi) is 8.99. The molecule has 0 amide bonds. The average Bonchev–Trinajstić information content (AvgIpc) is 3.50. The van der Waals surface area contributed by atoms with E-state index in [9.17, 15) is 28.8 Å². The van der Waals surface area contributed by atoms with Crippen molar-refractivity contribution in [1.29, 1.82) is 0 Å². The Morgan fingerprint density at radius 2 is 1.49 bits per heavy atom. The van der Waals surface area contributed by atoms with E-state index in [0.29, 0.717) is 17.3 Å². The van der Waals surface area contributed by atoms with Crippen LogP contribution >= 0.6 is 0 Å². The van der Waals surface area contributed by atoms with E-state index in [1.807, 2.05) is 24.3 Å². The Hall–Kier alpha value is -3.57. The van der Waals surface area contributed by atoms with Crippen LogP contribution in [0.1, 0.15) is 18.4 Å². The first kappa shape index (κ1) is 32.8. The highest BCUT2D eigenvalue weighted by Crippen LogP contribution is 2.37. The summed E-state index contributed by atoms with van der Waals surface area (Å²) >= 11 is 0. The third-order valence-corrected chi connectivity index (χ3v) is 9.93. The van der Waals surface area contributed by atoms with Crippen LogP contribution in [0.4, 0.5) is 5.82 Å². The van der Waals surface area contributed by atoms with Gasteiger partial charge >= 0.3 is 0 Å². The number of hydrogen-bond acceptors (Lipinski definition) is 13. The van der Waals surface area contributed by atoms with Gasteiger partial charge in [0.25, 0.3) is 0 Å². The van der Waals surface area contributed by atoms with Crippen LogP contribution < -0.4 is 11.1 Å². The van der Waals surface area contributed by atoms with Gasteiger partial charge in [0.2, 0.25) is 0 Å². The maximum absolute atomic E-state index is 13.1. The molecule has 13 nitrogen and oxygen atoms in total. The SMILES string of the molecule is [B]C(O)(O)C([B])(C([B])(O)O)S(=O)(=O)c1ccc(-c2cnc(N)c(-c3cc(-c4ccc(CNC5CCOCC5)cc4)no3)n2)cc1. The smallest absolute Gasteiger partial charge is 0.189 e. The summed E-state index contributed by atoms with van der Waals surface area (Å²) in [5.74, 6) is 0.294. The number of aliphatic hydroxyl groups is 4. The fourth-order valence-electron chi connectivity index (χ4n) is 4.86. The van der Waals surface area contributed by atoms with Crippen LogP contribution in [-0.4, -0.2) is 103 Å². The van der Waals surface area contributed by atoms with Crippen LogP contribution in [0.5, 0.6) is 0 Å². The Balaban J connectivity index is 1.35. The van der Waals surface area contributed by atoms with Gasteiger partial charge in [0.15, 0.2) is 42.8 Å². The van der Waals surface area contributed by atoms with Crippen molar-refractivity contribution in [2.45, 2.75) is 46.3 Å². The van der Waals surface area contributed by atoms with Gasteiger partial charge in [-0.2, -0.15) is 0 Å². The molecule has 2 aromatic carbocycles. The summed E-state index contributed by atoms with van der Waals surface area (Å²) in [5.41, 5.74) is 1.68. The molecule has 45 heavy (non-hydrogen) atoms. The van der Waals surface area contributed by atoms with Crippen LogP contribution in [0, 0.1) is 0 Å². The second-order valence-electron chi connectivity index (χ2n) is 10.7. The number of sulfone groups is 1. The number of aromatic nitrogens is 3. The van der Waals surface area contributed by atoms with Crippen molar-refractivity contribution in [3.05, 3.63) is 66.4 Å². The van der Waals surface area contributed by atoms with E-state index in [4.69, 9.17) is 38.5 Å². The largest absolute Gasteiger partial charge is 0.382 e. The summed E-state index contributed by atoms with van der Waals surface area (Å²) in [6.07, 6.45) is 3.33. The molecule has 0 spiro atoms. The van der Waals surface area contributed by atoms with Gasteiger partial charge in [-0.25, -0.2) is 18.4 Å². The van der Waals surface area contributed by atoms with Crippen molar-refractivity contribution in [3.63, 3.8) is 0 Å². The van der Waals surface area contributed by atoms with Gasteiger partial charge in [-0.3, -0.25) is 0 Å². The minimum Gasteiger partial charge on any atom is -0.382 e. The number of ether oxygens (including phenoxy) is 1. The molecule has 0 saturated carbocycles. The molecule has 3 heterocycles. The second kappa shape index (κ2) is 12.3. The van der Waals surface area contributed by atoms with Crippen molar-refractivity contribution < 1.29 is 38.1 Å². The maximum atomic E-state index is 13.1. The minimum atomic E-state index is -5.17. The van der Waals surface area contributed by atoms with Crippen molar-refractivity contribution in [1.82, 2.24) is 20.4 Å². The number of anilines is 1. The van der Waals surface area contributed by atoms with E-state index in [1.165, 1.54) is 18.3 Å². The van der Waals surface area contributed by atoms with Gasteiger partial charge in [-0.15, -0.1) is 0 Å². The molecular formula is C28H28B3N5O8S. The molecule has 1 aliphatic rings. The van der Waals surface area contributed by atoms with Crippen LogP contribution in [0.15, 0.2) is 70.2 Å². The lowest BCUT2D eigenvalue weighted by Crippen LogP contribution is -2.73. The van der Waals surface area contributed by atoms with Gasteiger partial charge < -0.3 is 40.7 Å². The summed E-state index contributed by atoms with van der Waals surface area (Å²) < 4.78 is 33.4. The lowest BCUT2D eigenvalue weighted by atomic mass is 9.59. The molecule has 0 aliphatic carbocycles. The minimum absolute atomic E-state index is 0.0541. The van der Waals surface area contributed by atoms with Gasteiger partial charge in [0.1, 0.15) is 29.6 Å². The molecule has 1 fully saturated rings. The summed E-state index contributed by atoms with van der Waals surface area (Å²) in [6, 6.07) is 14.6. The Labute approximate surface area is 263 Å². The normalized spacial score (nSPS) is 15.3. The molecule has 1 aliphatic heterocycles. The number of nitrogens with one attached hydrogen (secondary N) is 1. The third kappa shape index (κ3) is 6.42. The third-order valence-electron chi connectivity index (χ3n) is 7.59. The summed E-state index contributed by atoms with van der Waals surface area (Å²) in [5, 5.41) is 46.9. The van der Waals surface area contributed by atoms with Crippen molar-refractivity contribution in [2.75, 3.05) is 18.9 Å². The zero-order chi connectivity index (χ0) is 32.6. The lowest BCUT2D eigenvalue weighted by Gasteiger charge is -2.46. The van der Waals surface area contributed by atoms with E-state index in [-0.39, 0.29) is 23.0 Å². The fraction of sp³-hybridized carbons (Fsp3) is 0.321. The van der Waals surface area contributed by atoms with Crippen molar-refractivity contribution in [3.8, 4) is 34.0 Å². The Morgan fingerprint density at radius 3 is 2.09 bits per heavy atom. The quantitative estimate of drug-likeness (QED) is 0.0974. The summed E-state index contributed by atoms with van der Waals surface area (Å²) in [6.45, 7) is 2.28. The highest BCUT2D eigenvalue weighted by Gasteiger charge is 2.61. The first-order valence-electron chi connectivity index (χ1n) is 13.7. The zero-order valence-corrected chi connectivity index (χ0v) is 24.7. The second-order valence-corrected chi connectivity index (χ2v) is 12.9. The molecule has 5 rings (SSSR count). The molecule has 2 aromatic heterocycles.